The summed E-state index contributed by atoms with van der Waals surface area (Å²) < 4.78 is 32.2. The van der Waals surface area contributed by atoms with Gasteiger partial charge in [-0.2, -0.15) is 0 Å². The van der Waals surface area contributed by atoms with Gasteiger partial charge in [0, 0.05) is 4.47 Å². The Morgan fingerprint density at radius 3 is 2.88 bits per heavy atom. The fourth-order valence-corrected chi connectivity index (χ4v) is 2.02. The van der Waals surface area contributed by atoms with Crippen LogP contribution >= 0.6 is 15.9 Å². The molecular formula is C11H10BrF2NO2. The molecule has 0 unspecified atom stereocenters. The number of halogens is 3. The van der Waals surface area contributed by atoms with Crippen LogP contribution in [-0.2, 0) is 4.74 Å². The highest BCUT2D eigenvalue weighted by molar-refractivity contribution is 9.10. The molecule has 2 rings (SSSR count). The molecule has 17 heavy (non-hydrogen) atoms. The molecule has 3 nitrogen and oxygen atoms in total. The number of amides is 1. The summed E-state index contributed by atoms with van der Waals surface area (Å²) in [6.07, 6.45) is -0.822. The number of hydrogen-bond acceptors (Lipinski definition) is 2. The molecule has 0 aliphatic carbocycles. The molecule has 0 radical (unpaired) electrons. The number of carbonyl (C=O) groups is 1. The lowest BCUT2D eigenvalue weighted by Gasteiger charge is -2.32. The van der Waals surface area contributed by atoms with E-state index in [0.717, 1.165) is 10.0 Å². The van der Waals surface area contributed by atoms with E-state index in [1.165, 1.54) is 0 Å². The second-order valence-electron chi connectivity index (χ2n) is 3.92. The van der Waals surface area contributed by atoms with E-state index in [0.29, 0.717) is 5.56 Å². The zero-order chi connectivity index (χ0) is 12.6. The quantitative estimate of drug-likeness (QED) is 0.865. The number of benzene rings is 1. The Labute approximate surface area is 105 Å². The van der Waals surface area contributed by atoms with Crippen LogP contribution in [0.25, 0.3) is 0 Å². The van der Waals surface area contributed by atoms with Gasteiger partial charge in [0.1, 0.15) is 6.04 Å². The largest absolute Gasteiger partial charge is 0.443 e. The van der Waals surface area contributed by atoms with Gasteiger partial charge in [0.2, 0.25) is 0 Å². The van der Waals surface area contributed by atoms with Gasteiger partial charge in [-0.05, 0) is 24.1 Å². The summed E-state index contributed by atoms with van der Waals surface area (Å²) in [5.74, 6) is -3.11. The van der Waals surface area contributed by atoms with Gasteiger partial charge in [-0.15, -0.1) is 0 Å². The molecule has 1 amide bonds. The van der Waals surface area contributed by atoms with E-state index in [2.05, 4.69) is 26.0 Å². The normalized spacial score (nSPS) is 22.8. The topological polar surface area (TPSA) is 38.3 Å². The minimum Gasteiger partial charge on any atom is -0.443 e. The molecule has 0 saturated carbocycles. The number of alkyl halides is 2. The monoisotopic (exact) mass is 305 g/mol. The number of cyclic esters (lactones) is 1. The molecule has 0 spiro atoms. The number of ether oxygens (including phenoxy) is 1. The predicted molar refractivity (Wildman–Crippen MR) is 61.1 cm³/mol. The van der Waals surface area contributed by atoms with Crippen molar-refractivity contribution >= 4 is 22.0 Å². The SMILES string of the molecule is Cc1ccc([C@@H]2NC(=O)OCC2(F)F)cc1Br. The van der Waals surface area contributed by atoms with Crippen LogP contribution in [0.4, 0.5) is 13.6 Å². The third kappa shape index (κ3) is 2.41. The minimum atomic E-state index is -3.11. The summed E-state index contributed by atoms with van der Waals surface area (Å²) in [5, 5.41) is 2.14. The Morgan fingerprint density at radius 2 is 2.24 bits per heavy atom. The van der Waals surface area contributed by atoms with E-state index in [4.69, 9.17) is 0 Å². The Kier molecular flexibility index (Phi) is 3.07. The number of carbonyl (C=O) groups excluding carboxylic acids is 1. The molecule has 1 atom stereocenters. The zero-order valence-electron chi connectivity index (χ0n) is 8.97. The van der Waals surface area contributed by atoms with Gasteiger partial charge in [0.25, 0.3) is 0 Å². The van der Waals surface area contributed by atoms with Crippen LogP contribution in [0.2, 0.25) is 0 Å². The first kappa shape index (κ1) is 12.3. The van der Waals surface area contributed by atoms with E-state index in [1.807, 2.05) is 6.92 Å². The van der Waals surface area contributed by atoms with Gasteiger partial charge < -0.3 is 10.1 Å². The summed E-state index contributed by atoms with van der Waals surface area (Å²) in [4.78, 5) is 11.0. The summed E-state index contributed by atoms with van der Waals surface area (Å²) in [7, 11) is 0. The van der Waals surface area contributed by atoms with Crippen molar-refractivity contribution in [3.63, 3.8) is 0 Å². The third-order valence-electron chi connectivity index (χ3n) is 2.61. The van der Waals surface area contributed by atoms with Crippen molar-refractivity contribution in [1.29, 1.82) is 0 Å². The van der Waals surface area contributed by atoms with Crippen LogP contribution in [0.15, 0.2) is 22.7 Å². The maximum atomic E-state index is 13.6. The smallest absolute Gasteiger partial charge is 0.408 e. The zero-order valence-corrected chi connectivity index (χ0v) is 10.6. The minimum absolute atomic E-state index is 0.351. The van der Waals surface area contributed by atoms with E-state index >= 15 is 0 Å². The van der Waals surface area contributed by atoms with Crippen LogP contribution in [0.5, 0.6) is 0 Å². The van der Waals surface area contributed by atoms with Crippen LogP contribution < -0.4 is 5.32 Å². The van der Waals surface area contributed by atoms with Crippen molar-refractivity contribution in [2.45, 2.75) is 18.9 Å². The standard InChI is InChI=1S/C11H10BrF2NO2/c1-6-2-3-7(4-8(6)12)9-11(13,14)5-17-10(16)15-9/h2-4,9H,5H2,1H3,(H,15,16)/t9-/m0/s1. The molecular weight excluding hydrogens is 296 g/mol. The highest BCUT2D eigenvalue weighted by Crippen LogP contribution is 2.35. The lowest BCUT2D eigenvalue weighted by Crippen LogP contribution is -2.49. The van der Waals surface area contributed by atoms with Crippen molar-refractivity contribution in [3.8, 4) is 0 Å². The van der Waals surface area contributed by atoms with Gasteiger partial charge in [-0.1, -0.05) is 28.1 Å². The molecule has 1 aromatic carbocycles. The van der Waals surface area contributed by atoms with Crippen molar-refractivity contribution in [2.75, 3.05) is 6.61 Å². The molecule has 0 bridgehead atoms. The predicted octanol–water partition coefficient (Wildman–Crippen LogP) is 3.17. The van der Waals surface area contributed by atoms with E-state index in [1.54, 1.807) is 18.2 Å². The van der Waals surface area contributed by atoms with E-state index in [-0.39, 0.29) is 0 Å². The molecule has 1 fully saturated rings. The molecule has 1 aliphatic rings. The van der Waals surface area contributed by atoms with E-state index in [9.17, 15) is 13.6 Å². The summed E-state index contributed by atoms with van der Waals surface area (Å²) in [6.45, 7) is 0.962. The highest BCUT2D eigenvalue weighted by Gasteiger charge is 2.46. The Morgan fingerprint density at radius 1 is 1.53 bits per heavy atom. The van der Waals surface area contributed by atoms with Gasteiger partial charge in [0.15, 0.2) is 6.61 Å². The second-order valence-corrected chi connectivity index (χ2v) is 4.78. The first-order valence-electron chi connectivity index (χ1n) is 4.97. The average Bonchev–Trinajstić information content (AvgIpc) is 2.26. The molecule has 1 saturated heterocycles. The van der Waals surface area contributed by atoms with Crippen LogP contribution in [0.1, 0.15) is 17.2 Å². The van der Waals surface area contributed by atoms with Gasteiger partial charge in [-0.25, -0.2) is 13.6 Å². The van der Waals surface area contributed by atoms with Crippen molar-refractivity contribution < 1.29 is 18.3 Å². The Hall–Kier alpha value is -1.17. The van der Waals surface area contributed by atoms with E-state index < -0.39 is 24.7 Å². The lowest BCUT2D eigenvalue weighted by atomic mass is 9.99. The number of nitrogens with one attached hydrogen (secondary N) is 1. The van der Waals surface area contributed by atoms with Crippen molar-refractivity contribution in [1.82, 2.24) is 5.32 Å². The molecule has 0 aromatic heterocycles. The number of aryl methyl sites for hydroxylation is 1. The maximum Gasteiger partial charge on any atom is 0.408 e. The van der Waals surface area contributed by atoms with Gasteiger partial charge >= 0.3 is 12.0 Å². The molecule has 92 valence electrons. The molecule has 1 aromatic rings. The average molecular weight is 306 g/mol. The summed E-state index contributed by atoms with van der Waals surface area (Å²) in [5.41, 5.74) is 1.29. The second kappa shape index (κ2) is 4.25. The molecule has 1 heterocycles. The van der Waals surface area contributed by atoms with Gasteiger partial charge in [0.05, 0.1) is 0 Å². The summed E-state index contributed by atoms with van der Waals surface area (Å²) in [6, 6.07) is 3.53. The van der Waals surface area contributed by atoms with Crippen LogP contribution in [0.3, 0.4) is 0 Å². The number of alkyl carbamates (subject to hydrolysis) is 1. The van der Waals surface area contributed by atoms with Gasteiger partial charge in [-0.3, -0.25) is 0 Å². The Balaban J connectivity index is 2.36. The Bertz CT molecular complexity index is 465. The summed E-state index contributed by atoms with van der Waals surface area (Å²) >= 11 is 3.28. The maximum absolute atomic E-state index is 13.6. The first-order valence-corrected chi connectivity index (χ1v) is 5.76. The van der Waals surface area contributed by atoms with Crippen molar-refractivity contribution in [2.24, 2.45) is 0 Å². The fourth-order valence-electron chi connectivity index (χ4n) is 1.63. The molecule has 6 heteroatoms. The molecule has 1 N–H and O–H groups in total. The third-order valence-corrected chi connectivity index (χ3v) is 3.46. The first-order chi connectivity index (χ1) is 7.90. The fraction of sp³-hybridized carbons (Fsp3) is 0.364. The highest BCUT2D eigenvalue weighted by atomic mass is 79.9. The van der Waals surface area contributed by atoms with Crippen molar-refractivity contribution in [3.05, 3.63) is 33.8 Å². The molecule has 1 aliphatic heterocycles. The lowest BCUT2D eigenvalue weighted by molar-refractivity contribution is -0.104. The number of hydrogen-bond donors (Lipinski definition) is 1. The van der Waals surface area contributed by atoms with Crippen LogP contribution in [-0.4, -0.2) is 18.6 Å². The van der Waals surface area contributed by atoms with Crippen LogP contribution in [0, 0.1) is 6.92 Å². The number of rotatable bonds is 1.